The van der Waals surface area contributed by atoms with Gasteiger partial charge in [-0.2, -0.15) is 0 Å². The zero-order valence-corrected chi connectivity index (χ0v) is 18.4. The largest absolute Gasteiger partial charge is 0.491 e. The number of benzene rings is 3. The van der Waals surface area contributed by atoms with Crippen molar-refractivity contribution in [3.8, 4) is 16.9 Å². The number of aryl methyl sites for hydroxylation is 4. The first-order valence-corrected chi connectivity index (χ1v) is 11.5. The standard InChI is InChI=1S/C28H27NO2/c1-4-29-23-8-6-5-7-20(23)26-21-13-14-24(30)27(21)25-19-12-10-18(31-16(2)3)15-17(19)9-11-22(25)28(26)29/h5-8,10,12,15-16H,4,9,11,13-14H2,1-3H3. The molecule has 4 aromatic rings. The lowest BCUT2D eigenvalue weighted by Gasteiger charge is -2.25. The molecule has 156 valence electrons. The van der Waals surface area contributed by atoms with Crippen LogP contribution < -0.4 is 4.74 Å². The van der Waals surface area contributed by atoms with E-state index >= 15 is 0 Å². The second-order valence-electron chi connectivity index (χ2n) is 9.10. The van der Waals surface area contributed by atoms with Crippen LogP contribution in [-0.4, -0.2) is 16.5 Å². The molecule has 0 atom stereocenters. The minimum absolute atomic E-state index is 0.152. The first-order chi connectivity index (χ1) is 15.1. The van der Waals surface area contributed by atoms with Crippen molar-refractivity contribution in [1.82, 2.24) is 4.57 Å². The summed E-state index contributed by atoms with van der Waals surface area (Å²) in [6.07, 6.45) is 3.56. The van der Waals surface area contributed by atoms with Gasteiger partial charge in [-0.15, -0.1) is 0 Å². The van der Waals surface area contributed by atoms with Crippen molar-refractivity contribution >= 4 is 27.6 Å². The Balaban J connectivity index is 1.73. The van der Waals surface area contributed by atoms with E-state index in [0.717, 1.165) is 37.1 Å². The molecule has 0 bridgehead atoms. The molecule has 0 saturated carbocycles. The smallest absolute Gasteiger partial charge is 0.164 e. The Labute approximate surface area is 182 Å². The predicted octanol–water partition coefficient (Wildman–Crippen LogP) is 6.50. The van der Waals surface area contributed by atoms with E-state index in [1.54, 1.807) is 0 Å². The zero-order chi connectivity index (χ0) is 21.3. The number of hydrogen-bond acceptors (Lipinski definition) is 2. The molecule has 3 nitrogen and oxygen atoms in total. The number of nitrogens with zero attached hydrogens (tertiary/aromatic N) is 1. The number of hydrogen-bond donors (Lipinski definition) is 0. The predicted molar refractivity (Wildman–Crippen MR) is 126 cm³/mol. The number of Topliss-reactive ketones (excluding diaryl/α,β-unsaturated/α-hetero) is 1. The highest BCUT2D eigenvalue weighted by molar-refractivity contribution is 6.20. The number of fused-ring (bicyclic) bond motifs is 10. The lowest BCUT2D eigenvalue weighted by Crippen LogP contribution is -2.12. The maximum Gasteiger partial charge on any atom is 0.164 e. The highest BCUT2D eigenvalue weighted by Crippen LogP contribution is 2.48. The number of para-hydroxylation sites is 1. The third-order valence-electron chi connectivity index (χ3n) is 6.97. The summed E-state index contributed by atoms with van der Waals surface area (Å²) in [4.78, 5) is 13.2. The maximum atomic E-state index is 13.2. The minimum Gasteiger partial charge on any atom is -0.491 e. The number of aromatic nitrogens is 1. The summed E-state index contributed by atoms with van der Waals surface area (Å²) in [5.74, 6) is 1.22. The van der Waals surface area contributed by atoms with E-state index < -0.39 is 0 Å². The van der Waals surface area contributed by atoms with Crippen LogP contribution in [0.4, 0.5) is 0 Å². The Morgan fingerprint density at radius 3 is 2.58 bits per heavy atom. The van der Waals surface area contributed by atoms with Crippen molar-refractivity contribution in [2.24, 2.45) is 0 Å². The third kappa shape index (κ3) is 2.56. The van der Waals surface area contributed by atoms with Crippen LogP contribution in [0.25, 0.3) is 32.9 Å². The van der Waals surface area contributed by atoms with Crippen LogP contribution in [0.5, 0.6) is 5.75 Å². The first kappa shape index (κ1) is 18.7. The van der Waals surface area contributed by atoms with Gasteiger partial charge in [-0.3, -0.25) is 4.79 Å². The lowest BCUT2D eigenvalue weighted by molar-refractivity contribution is 0.0995. The van der Waals surface area contributed by atoms with Crippen LogP contribution in [0.1, 0.15) is 54.2 Å². The molecule has 0 radical (unpaired) electrons. The van der Waals surface area contributed by atoms with Gasteiger partial charge in [0.2, 0.25) is 0 Å². The van der Waals surface area contributed by atoms with Crippen molar-refractivity contribution in [1.29, 1.82) is 0 Å². The van der Waals surface area contributed by atoms with E-state index in [1.807, 2.05) is 0 Å². The quantitative estimate of drug-likeness (QED) is 0.387. The highest BCUT2D eigenvalue weighted by atomic mass is 16.5. The Kier molecular flexibility index (Phi) is 4.05. The molecule has 3 aromatic carbocycles. The molecular formula is C28H27NO2. The Bertz CT molecular complexity index is 1390. The van der Waals surface area contributed by atoms with Crippen LogP contribution in [0.15, 0.2) is 42.5 Å². The highest BCUT2D eigenvalue weighted by Gasteiger charge is 2.34. The van der Waals surface area contributed by atoms with Crippen LogP contribution in [-0.2, 0) is 25.8 Å². The molecule has 3 heteroatoms. The summed E-state index contributed by atoms with van der Waals surface area (Å²) in [6, 6.07) is 15.1. The van der Waals surface area contributed by atoms with Crippen molar-refractivity contribution in [2.75, 3.05) is 0 Å². The molecule has 0 N–H and O–H groups in total. The molecule has 31 heavy (non-hydrogen) atoms. The molecule has 0 spiro atoms. The van der Waals surface area contributed by atoms with E-state index in [-0.39, 0.29) is 6.10 Å². The molecule has 1 heterocycles. The van der Waals surface area contributed by atoms with E-state index in [1.165, 1.54) is 49.6 Å². The van der Waals surface area contributed by atoms with Gasteiger partial charge >= 0.3 is 0 Å². The van der Waals surface area contributed by atoms with Gasteiger partial charge in [0.15, 0.2) is 5.78 Å². The van der Waals surface area contributed by atoms with Gasteiger partial charge in [0.1, 0.15) is 5.75 Å². The fourth-order valence-electron chi connectivity index (χ4n) is 5.88. The molecule has 1 aromatic heterocycles. The topological polar surface area (TPSA) is 31.2 Å². The minimum atomic E-state index is 0.152. The van der Waals surface area contributed by atoms with Crippen LogP contribution in [0, 0.1) is 0 Å². The van der Waals surface area contributed by atoms with Gasteiger partial charge < -0.3 is 9.30 Å². The molecule has 0 fully saturated rings. The van der Waals surface area contributed by atoms with Crippen LogP contribution in [0.3, 0.4) is 0 Å². The fourth-order valence-corrected chi connectivity index (χ4v) is 5.88. The van der Waals surface area contributed by atoms with E-state index in [4.69, 9.17) is 4.74 Å². The molecule has 0 unspecified atom stereocenters. The summed E-state index contributed by atoms with van der Waals surface area (Å²) in [5.41, 5.74) is 9.94. The van der Waals surface area contributed by atoms with Gasteiger partial charge in [-0.05, 0) is 86.1 Å². The van der Waals surface area contributed by atoms with Gasteiger partial charge in [-0.25, -0.2) is 0 Å². The summed E-state index contributed by atoms with van der Waals surface area (Å²) >= 11 is 0. The summed E-state index contributed by atoms with van der Waals surface area (Å²) in [6.45, 7) is 7.27. The summed E-state index contributed by atoms with van der Waals surface area (Å²) in [7, 11) is 0. The number of carbonyl (C=O) groups excluding carboxylic acids is 1. The molecule has 6 rings (SSSR count). The average molecular weight is 410 g/mol. The molecule has 0 aliphatic heterocycles. The molecule has 0 amide bonds. The third-order valence-corrected chi connectivity index (χ3v) is 6.97. The number of rotatable bonds is 3. The van der Waals surface area contributed by atoms with Crippen molar-refractivity contribution < 1.29 is 9.53 Å². The monoisotopic (exact) mass is 409 g/mol. The van der Waals surface area contributed by atoms with Gasteiger partial charge in [0.25, 0.3) is 0 Å². The molecule has 0 saturated heterocycles. The second kappa shape index (κ2) is 6.71. The van der Waals surface area contributed by atoms with E-state index in [9.17, 15) is 4.79 Å². The molecular weight excluding hydrogens is 382 g/mol. The summed E-state index contributed by atoms with van der Waals surface area (Å²) in [5, 5.41) is 2.61. The van der Waals surface area contributed by atoms with Gasteiger partial charge in [0.05, 0.1) is 11.6 Å². The Hall–Kier alpha value is -3.07. The lowest BCUT2D eigenvalue weighted by atomic mass is 9.80. The number of ether oxygens (including phenoxy) is 1. The fraction of sp³-hybridized carbons (Fsp3) is 0.321. The van der Waals surface area contributed by atoms with Crippen LogP contribution >= 0.6 is 0 Å². The maximum absolute atomic E-state index is 13.2. The van der Waals surface area contributed by atoms with Gasteiger partial charge in [0, 0.05) is 34.8 Å². The van der Waals surface area contributed by atoms with E-state index in [0.29, 0.717) is 12.2 Å². The summed E-state index contributed by atoms with van der Waals surface area (Å²) < 4.78 is 8.42. The van der Waals surface area contributed by atoms with Crippen molar-refractivity contribution in [3.05, 3.63) is 64.7 Å². The Morgan fingerprint density at radius 2 is 1.77 bits per heavy atom. The first-order valence-electron chi connectivity index (χ1n) is 11.5. The molecule has 2 aliphatic rings. The SMILES string of the molecule is CCn1c2ccccc2c2c3c(c4c(c21)CCc1cc(OC(C)C)ccc1-4)C(=O)CC3. The average Bonchev–Trinajstić information content (AvgIpc) is 3.30. The number of carbonyl (C=O) groups is 1. The second-order valence-corrected chi connectivity index (χ2v) is 9.10. The normalized spacial score (nSPS) is 14.9. The van der Waals surface area contributed by atoms with Gasteiger partial charge in [-0.1, -0.05) is 24.3 Å². The number of ketones is 1. The Morgan fingerprint density at radius 1 is 0.968 bits per heavy atom. The zero-order valence-electron chi connectivity index (χ0n) is 18.4. The van der Waals surface area contributed by atoms with Crippen LogP contribution in [0.2, 0.25) is 0 Å². The molecule has 2 aliphatic carbocycles. The van der Waals surface area contributed by atoms with Crippen molar-refractivity contribution in [3.63, 3.8) is 0 Å². The van der Waals surface area contributed by atoms with Crippen molar-refractivity contribution in [2.45, 2.75) is 59.1 Å². The van der Waals surface area contributed by atoms with E-state index in [2.05, 4.69) is 67.8 Å².